The second kappa shape index (κ2) is 5.83. The van der Waals surface area contributed by atoms with Crippen molar-refractivity contribution in [1.82, 2.24) is 9.97 Å². The van der Waals surface area contributed by atoms with Crippen LogP contribution < -0.4 is 16.0 Å². The molecule has 0 aliphatic heterocycles. The molecule has 0 radical (unpaired) electrons. The molecule has 0 aliphatic carbocycles. The van der Waals surface area contributed by atoms with Crippen LogP contribution in [0.5, 0.6) is 11.6 Å². The summed E-state index contributed by atoms with van der Waals surface area (Å²) in [6, 6.07) is 4.18. The third-order valence-corrected chi connectivity index (χ3v) is 2.23. The van der Waals surface area contributed by atoms with Gasteiger partial charge in [-0.2, -0.15) is 13.2 Å². The molecule has 0 spiro atoms. The molecule has 20 heavy (non-hydrogen) atoms. The van der Waals surface area contributed by atoms with E-state index in [1.807, 2.05) is 0 Å². The molecule has 108 valence electrons. The van der Waals surface area contributed by atoms with E-state index in [1.54, 1.807) is 0 Å². The smallest absolute Gasteiger partial charge is 0.416 e. The summed E-state index contributed by atoms with van der Waals surface area (Å²) in [7, 11) is 0. The Hall–Kier alpha value is -2.22. The number of nitrogens with zero attached hydrogens (tertiary/aromatic N) is 1. The molecule has 0 saturated carbocycles. The lowest BCUT2D eigenvalue weighted by Gasteiger charge is -2.09. The summed E-state index contributed by atoms with van der Waals surface area (Å²) in [5.74, 6) is -0.359. The van der Waals surface area contributed by atoms with Crippen LogP contribution in [0, 0.1) is 0 Å². The van der Waals surface area contributed by atoms with Gasteiger partial charge in [0.15, 0.2) is 5.69 Å². The van der Waals surface area contributed by atoms with E-state index in [9.17, 15) is 18.0 Å². The van der Waals surface area contributed by atoms with Gasteiger partial charge in [0.2, 0.25) is 5.88 Å². The Morgan fingerprint density at radius 1 is 1.30 bits per heavy atom. The number of nitrogens with one attached hydrogen (secondary N) is 1. The molecule has 0 atom stereocenters. The van der Waals surface area contributed by atoms with Gasteiger partial charge < -0.3 is 15.5 Å². The summed E-state index contributed by atoms with van der Waals surface area (Å²) < 4.78 is 42.6. The zero-order chi connectivity index (χ0) is 14.0. The molecule has 9 heteroatoms. The Morgan fingerprint density at radius 2 is 2.00 bits per heavy atom. The maximum Gasteiger partial charge on any atom is 0.416 e. The minimum atomic E-state index is -4.48. The molecule has 2 rings (SSSR count). The summed E-state index contributed by atoms with van der Waals surface area (Å²) in [5, 5.41) is 0. The van der Waals surface area contributed by atoms with Gasteiger partial charge >= 0.3 is 6.18 Å². The van der Waals surface area contributed by atoms with E-state index in [-0.39, 0.29) is 29.7 Å². The average molecular weight is 308 g/mol. The number of aromatic amines is 1. The first-order chi connectivity index (χ1) is 8.88. The van der Waals surface area contributed by atoms with Crippen molar-refractivity contribution in [2.75, 3.05) is 5.73 Å². The molecule has 0 amide bonds. The first-order valence-electron chi connectivity index (χ1n) is 5.06. The number of nitrogen functional groups attached to an aromatic ring is 1. The largest absolute Gasteiger partial charge is 0.437 e. The number of anilines is 1. The Kier molecular flexibility index (Phi) is 4.61. The number of halogens is 4. The summed E-state index contributed by atoms with van der Waals surface area (Å²) in [6.07, 6.45) is -3.44. The van der Waals surface area contributed by atoms with Gasteiger partial charge in [-0.25, -0.2) is 4.98 Å². The van der Waals surface area contributed by atoms with E-state index in [2.05, 4.69) is 9.97 Å². The molecule has 1 aromatic carbocycles. The fourth-order valence-electron chi connectivity index (χ4n) is 1.32. The highest BCUT2D eigenvalue weighted by molar-refractivity contribution is 5.85. The quantitative estimate of drug-likeness (QED) is 0.893. The van der Waals surface area contributed by atoms with Gasteiger partial charge in [-0.15, -0.1) is 12.4 Å². The van der Waals surface area contributed by atoms with Crippen molar-refractivity contribution < 1.29 is 17.9 Å². The lowest BCUT2D eigenvalue weighted by molar-refractivity contribution is -0.137. The van der Waals surface area contributed by atoms with Gasteiger partial charge in [-0.1, -0.05) is 6.07 Å². The van der Waals surface area contributed by atoms with Crippen molar-refractivity contribution in [2.45, 2.75) is 6.18 Å². The van der Waals surface area contributed by atoms with Crippen LogP contribution in [0.25, 0.3) is 0 Å². The van der Waals surface area contributed by atoms with Crippen molar-refractivity contribution in [3.63, 3.8) is 0 Å². The fraction of sp³-hybridized carbons (Fsp3) is 0.0909. The maximum atomic E-state index is 12.5. The van der Waals surface area contributed by atoms with Crippen molar-refractivity contribution in [3.05, 3.63) is 46.5 Å². The SMILES string of the molecule is Cl.Nc1c(Oc2cccc(C(F)(F)F)c2)nc[nH]c1=O. The monoisotopic (exact) mass is 307 g/mol. The van der Waals surface area contributed by atoms with E-state index in [0.717, 1.165) is 18.5 Å². The van der Waals surface area contributed by atoms with Crippen LogP contribution in [0.1, 0.15) is 5.56 Å². The molecule has 1 heterocycles. The van der Waals surface area contributed by atoms with Crippen LogP contribution >= 0.6 is 12.4 Å². The number of alkyl halides is 3. The highest BCUT2D eigenvalue weighted by Crippen LogP contribution is 2.32. The molecule has 1 aromatic heterocycles. The van der Waals surface area contributed by atoms with E-state index in [1.165, 1.54) is 12.1 Å². The molecule has 5 nitrogen and oxygen atoms in total. The molecular weight excluding hydrogens is 299 g/mol. The third kappa shape index (κ3) is 3.41. The average Bonchev–Trinajstić information content (AvgIpc) is 2.34. The van der Waals surface area contributed by atoms with Gasteiger partial charge in [0.25, 0.3) is 5.56 Å². The van der Waals surface area contributed by atoms with Crippen molar-refractivity contribution in [3.8, 4) is 11.6 Å². The second-order valence-corrected chi connectivity index (χ2v) is 3.58. The van der Waals surface area contributed by atoms with E-state index < -0.39 is 17.3 Å². The molecular formula is C11H9ClF3N3O2. The predicted molar refractivity (Wildman–Crippen MR) is 68.0 cm³/mol. The molecule has 0 aliphatic rings. The van der Waals surface area contributed by atoms with Crippen LogP contribution in [0.2, 0.25) is 0 Å². The van der Waals surface area contributed by atoms with Crippen molar-refractivity contribution >= 4 is 18.1 Å². The van der Waals surface area contributed by atoms with Crippen molar-refractivity contribution in [2.24, 2.45) is 0 Å². The Morgan fingerprint density at radius 3 is 2.65 bits per heavy atom. The summed E-state index contributed by atoms with van der Waals surface area (Å²) >= 11 is 0. The molecule has 3 N–H and O–H groups in total. The minimum Gasteiger partial charge on any atom is -0.437 e. The topological polar surface area (TPSA) is 81.0 Å². The number of hydrogen-bond donors (Lipinski definition) is 2. The van der Waals surface area contributed by atoms with E-state index in [4.69, 9.17) is 10.5 Å². The second-order valence-electron chi connectivity index (χ2n) is 3.58. The lowest BCUT2D eigenvalue weighted by atomic mass is 10.2. The zero-order valence-electron chi connectivity index (χ0n) is 9.77. The first kappa shape index (κ1) is 15.8. The van der Waals surface area contributed by atoms with E-state index in [0.29, 0.717) is 0 Å². The standard InChI is InChI=1S/C11H8F3N3O2.ClH/c12-11(13,14)6-2-1-3-7(4-6)19-10-8(15)9(18)16-5-17-10;/h1-5H,15H2,(H,16,17,18);1H. The van der Waals surface area contributed by atoms with Gasteiger partial charge in [0.05, 0.1) is 11.9 Å². The Balaban J connectivity index is 0.00000200. The van der Waals surface area contributed by atoms with Crippen molar-refractivity contribution in [1.29, 1.82) is 0 Å². The van der Waals surface area contributed by atoms with Gasteiger partial charge in [0.1, 0.15) is 5.75 Å². The highest BCUT2D eigenvalue weighted by atomic mass is 35.5. The number of H-pyrrole nitrogens is 1. The number of ether oxygens (including phenoxy) is 1. The normalized spacial score (nSPS) is 10.8. The van der Waals surface area contributed by atoms with Crippen LogP contribution in [0.4, 0.5) is 18.9 Å². The number of aromatic nitrogens is 2. The zero-order valence-corrected chi connectivity index (χ0v) is 10.6. The Labute approximate surface area is 117 Å². The van der Waals surface area contributed by atoms with Crippen LogP contribution in [0.3, 0.4) is 0 Å². The molecule has 0 fully saturated rings. The first-order valence-corrected chi connectivity index (χ1v) is 5.06. The molecule has 0 saturated heterocycles. The summed E-state index contributed by atoms with van der Waals surface area (Å²) in [5.41, 5.74) is 3.60. The Bertz CT molecular complexity index is 658. The predicted octanol–water partition coefficient (Wildman–Crippen LogP) is 2.59. The number of benzene rings is 1. The van der Waals surface area contributed by atoms with Crippen LogP contribution in [0.15, 0.2) is 35.4 Å². The minimum absolute atomic E-state index is 0. The number of rotatable bonds is 2. The highest BCUT2D eigenvalue weighted by Gasteiger charge is 2.30. The number of nitrogens with two attached hydrogens (primary N) is 1. The molecule has 0 bridgehead atoms. The summed E-state index contributed by atoms with van der Waals surface area (Å²) in [4.78, 5) is 17.0. The number of hydrogen-bond acceptors (Lipinski definition) is 4. The fourth-order valence-corrected chi connectivity index (χ4v) is 1.32. The van der Waals surface area contributed by atoms with Crippen LogP contribution in [-0.2, 0) is 6.18 Å². The lowest BCUT2D eigenvalue weighted by Crippen LogP contribution is -2.13. The molecule has 0 unspecified atom stereocenters. The van der Waals surface area contributed by atoms with Gasteiger partial charge in [0, 0.05) is 0 Å². The summed E-state index contributed by atoms with van der Waals surface area (Å²) in [6.45, 7) is 0. The maximum absolute atomic E-state index is 12.5. The van der Waals surface area contributed by atoms with Gasteiger partial charge in [-0.05, 0) is 18.2 Å². The molecule has 2 aromatic rings. The van der Waals surface area contributed by atoms with Crippen LogP contribution in [-0.4, -0.2) is 9.97 Å². The van der Waals surface area contributed by atoms with Gasteiger partial charge in [-0.3, -0.25) is 4.79 Å². The van der Waals surface area contributed by atoms with E-state index >= 15 is 0 Å². The third-order valence-electron chi connectivity index (χ3n) is 2.23.